The molecule has 0 amide bonds. The standard InChI is InChI=1S/C27H45NOS/c1-4-5-6-7-8-9-10-11-12-13-14-15-16-17-20-29-25-18-19-26(23(2)21-25)27-28-22-24(3)30-27/h18-19,21,24H,4-17,20,22H2,1-3H3/t24-/m0/s1. The molecule has 1 aliphatic rings. The van der Waals surface area contributed by atoms with Gasteiger partial charge in [0.1, 0.15) is 5.75 Å². The van der Waals surface area contributed by atoms with Crippen molar-refractivity contribution < 1.29 is 4.74 Å². The minimum absolute atomic E-state index is 0.607. The fourth-order valence-electron chi connectivity index (χ4n) is 4.08. The zero-order valence-electron chi connectivity index (χ0n) is 19.9. The van der Waals surface area contributed by atoms with E-state index < -0.39 is 0 Å². The van der Waals surface area contributed by atoms with E-state index >= 15 is 0 Å². The van der Waals surface area contributed by atoms with Crippen molar-refractivity contribution in [3.05, 3.63) is 29.3 Å². The minimum Gasteiger partial charge on any atom is -0.494 e. The average molecular weight is 432 g/mol. The van der Waals surface area contributed by atoms with Crippen LogP contribution in [0.15, 0.2) is 23.2 Å². The van der Waals surface area contributed by atoms with Crippen LogP contribution in [-0.2, 0) is 0 Å². The van der Waals surface area contributed by atoms with E-state index in [-0.39, 0.29) is 0 Å². The van der Waals surface area contributed by atoms with E-state index in [1.165, 1.54) is 106 Å². The summed E-state index contributed by atoms with van der Waals surface area (Å²) in [6, 6.07) is 6.46. The van der Waals surface area contributed by atoms with Crippen LogP contribution in [0, 0.1) is 6.92 Å². The Kier molecular flexibility index (Phi) is 13.3. The van der Waals surface area contributed by atoms with E-state index in [4.69, 9.17) is 4.74 Å². The van der Waals surface area contributed by atoms with E-state index in [1.807, 2.05) is 11.8 Å². The molecule has 0 bridgehead atoms. The number of aryl methyl sites for hydroxylation is 1. The fourth-order valence-corrected chi connectivity index (χ4v) is 5.11. The first-order valence-electron chi connectivity index (χ1n) is 12.7. The van der Waals surface area contributed by atoms with Crippen molar-refractivity contribution in [1.29, 1.82) is 0 Å². The molecule has 2 rings (SSSR count). The Morgan fingerprint density at radius 2 is 1.43 bits per heavy atom. The molecule has 0 unspecified atom stereocenters. The van der Waals surface area contributed by atoms with E-state index in [0.29, 0.717) is 5.25 Å². The largest absolute Gasteiger partial charge is 0.494 e. The first-order valence-corrected chi connectivity index (χ1v) is 13.5. The third-order valence-electron chi connectivity index (χ3n) is 6.00. The van der Waals surface area contributed by atoms with Gasteiger partial charge in [-0.3, -0.25) is 4.99 Å². The molecule has 1 atom stereocenters. The molecular weight excluding hydrogens is 386 g/mol. The zero-order valence-corrected chi connectivity index (χ0v) is 20.7. The van der Waals surface area contributed by atoms with Gasteiger partial charge in [-0.05, 0) is 37.1 Å². The molecule has 0 aliphatic carbocycles. The Morgan fingerprint density at radius 1 is 0.867 bits per heavy atom. The first-order chi connectivity index (χ1) is 14.7. The SMILES string of the molecule is CCCCCCCCCCCCCCCCOc1ccc(C2=NC[C@H](C)S2)c(C)c1. The summed E-state index contributed by atoms with van der Waals surface area (Å²) in [6.07, 6.45) is 19.5. The number of thioether (sulfide) groups is 1. The summed E-state index contributed by atoms with van der Waals surface area (Å²) in [6.45, 7) is 8.48. The lowest BCUT2D eigenvalue weighted by atomic mass is 10.0. The van der Waals surface area contributed by atoms with Crippen LogP contribution in [0.1, 0.15) is 115 Å². The molecular formula is C27H45NOS. The second-order valence-corrected chi connectivity index (χ2v) is 10.4. The maximum absolute atomic E-state index is 5.99. The highest BCUT2D eigenvalue weighted by atomic mass is 32.2. The highest BCUT2D eigenvalue weighted by Gasteiger charge is 2.18. The molecule has 1 heterocycles. The Balaban J connectivity index is 1.42. The van der Waals surface area contributed by atoms with E-state index in [9.17, 15) is 0 Å². The predicted molar refractivity (Wildman–Crippen MR) is 135 cm³/mol. The maximum Gasteiger partial charge on any atom is 0.119 e. The lowest BCUT2D eigenvalue weighted by Gasteiger charge is -2.10. The van der Waals surface area contributed by atoms with E-state index in [1.54, 1.807) is 0 Å². The number of hydrogen-bond acceptors (Lipinski definition) is 3. The molecule has 3 heteroatoms. The van der Waals surface area contributed by atoms with Crippen LogP contribution in [0.5, 0.6) is 5.75 Å². The molecule has 30 heavy (non-hydrogen) atoms. The smallest absolute Gasteiger partial charge is 0.119 e. The molecule has 2 nitrogen and oxygen atoms in total. The predicted octanol–water partition coefficient (Wildman–Crippen LogP) is 8.74. The number of rotatable bonds is 17. The molecule has 0 saturated carbocycles. The Hall–Kier alpha value is -0.960. The number of unbranched alkanes of at least 4 members (excludes halogenated alkanes) is 13. The zero-order chi connectivity index (χ0) is 21.4. The summed E-state index contributed by atoms with van der Waals surface area (Å²) in [5.41, 5.74) is 2.54. The van der Waals surface area contributed by atoms with Crippen LogP contribution in [0.4, 0.5) is 0 Å². The van der Waals surface area contributed by atoms with Gasteiger partial charge in [-0.1, -0.05) is 97.3 Å². The summed E-state index contributed by atoms with van der Waals surface area (Å²) in [7, 11) is 0. The summed E-state index contributed by atoms with van der Waals surface area (Å²) in [5.74, 6) is 1.00. The van der Waals surface area contributed by atoms with Crippen molar-refractivity contribution in [2.75, 3.05) is 13.2 Å². The van der Waals surface area contributed by atoms with Crippen LogP contribution < -0.4 is 4.74 Å². The monoisotopic (exact) mass is 431 g/mol. The van der Waals surface area contributed by atoms with Gasteiger partial charge in [0, 0.05) is 10.8 Å². The van der Waals surface area contributed by atoms with Crippen molar-refractivity contribution in [2.24, 2.45) is 4.99 Å². The summed E-state index contributed by atoms with van der Waals surface area (Å²) in [5, 5.41) is 1.80. The van der Waals surface area contributed by atoms with Crippen molar-refractivity contribution in [2.45, 2.75) is 116 Å². The molecule has 0 saturated heterocycles. The van der Waals surface area contributed by atoms with Crippen LogP contribution in [-0.4, -0.2) is 23.4 Å². The number of hydrogen-bond donors (Lipinski definition) is 0. The number of nitrogens with zero attached hydrogens (tertiary/aromatic N) is 1. The van der Waals surface area contributed by atoms with Crippen molar-refractivity contribution in [3.63, 3.8) is 0 Å². The molecule has 0 fully saturated rings. The van der Waals surface area contributed by atoms with Gasteiger partial charge in [0.2, 0.25) is 0 Å². The van der Waals surface area contributed by atoms with Crippen molar-refractivity contribution in [3.8, 4) is 5.75 Å². The first kappa shape index (κ1) is 25.3. The van der Waals surface area contributed by atoms with Gasteiger partial charge < -0.3 is 4.74 Å². The van der Waals surface area contributed by atoms with Crippen LogP contribution in [0.2, 0.25) is 0 Å². The molecule has 1 aliphatic heterocycles. The number of benzene rings is 1. The van der Waals surface area contributed by atoms with Gasteiger partial charge in [0.05, 0.1) is 18.2 Å². The molecule has 0 N–H and O–H groups in total. The molecule has 0 spiro atoms. The Labute approximate surface area is 190 Å². The van der Waals surface area contributed by atoms with Gasteiger partial charge in [-0.2, -0.15) is 0 Å². The minimum atomic E-state index is 0.607. The lowest BCUT2D eigenvalue weighted by Crippen LogP contribution is -2.01. The van der Waals surface area contributed by atoms with Gasteiger partial charge in [-0.15, -0.1) is 11.8 Å². The van der Waals surface area contributed by atoms with Gasteiger partial charge >= 0.3 is 0 Å². The third-order valence-corrected chi connectivity index (χ3v) is 7.12. The third kappa shape index (κ3) is 10.4. The topological polar surface area (TPSA) is 21.6 Å². The van der Waals surface area contributed by atoms with E-state index in [0.717, 1.165) is 18.9 Å². The normalized spacial score (nSPS) is 16.1. The van der Waals surface area contributed by atoms with E-state index in [2.05, 4.69) is 44.0 Å². The van der Waals surface area contributed by atoms with Gasteiger partial charge in [0.25, 0.3) is 0 Å². The summed E-state index contributed by atoms with van der Waals surface area (Å²) < 4.78 is 5.99. The van der Waals surface area contributed by atoms with Crippen molar-refractivity contribution in [1.82, 2.24) is 0 Å². The highest BCUT2D eigenvalue weighted by molar-refractivity contribution is 8.15. The van der Waals surface area contributed by atoms with Gasteiger partial charge in [-0.25, -0.2) is 0 Å². The second kappa shape index (κ2) is 15.8. The van der Waals surface area contributed by atoms with Crippen LogP contribution >= 0.6 is 11.8 Å². The molecule has 170 valence electrons. The summed E-state index contributed by atoms with van der Waals surface area (Å²) in [4.78, 5) is 4.66. The highest BCUT2D eigenvalue weighted by Crippen LogP contribution is 2.28. The Morgan fingerprint density at radius 3 is 1.93 bits per heavy atom. The average Bonchev–Trinajstić information content (AvgIpc) is 3.17. The number of aliphatic imine (C=N–C) groups is 1. The van der Waals surface area contributed by atoms with Gasteiger partial charge in [0.15, 0.2) is 0 Å². The van der Waals surface area contributed by atoms with Crippen LogP contribution in [0.3, 0.4) is 0 Å². The molecule has 1 aromatic carbocycles. The quantitative estimate of drug-likeness (QED) is 0.230. The molecule has 0 radical (unpaired) electrons. The maximum atomic E-state index is 5.99. The second-order valence-electron chi connectivity index (χ2n) is 9.00. The summed E-state index contributed by atoms with van der Waals surface area (Å²) >= 11 is 1.89. The molecule has 1 aromatic rings. The molecule has 0 aromatic heterocycles. The fraction of sp³-hybridized carbons (Fsp3) is 0.741. The van der Waals surface area contributed by atoms with Crippen LogP contribution in [0.25, 0.3) is 0 Å². The van der Waals surface area contributed by atoms with Crippen molar-refractivity contribution >= 4 is 16.8 Å². The Bertz CT molecular complexity index is 613. The number of ether oxygens (including phenoxy) is 1. The lowest BCUT2D eigenvalue weighted by molar-refractivity contribution is 0.304.